The zero-order valence-electron chi connectivity index (χ0n) is 13.8. The Morgan fingerprint density at radius 1 is 1.36 bits per heavy atom. The van der Waals surface area contributed by atoms with E-state index in [9.17, 15) is 9.59 Å². The Morgan fingerprint density at radius 3 is 2.64 bits per heavy atom. The molecule has 1 aromatic heterocycles. The predicted octanol–water partition coefficient (Wildman–Crippen LogP) is 2.80. The molecule has 0 radical (unpaired) electrons. The molecule has 1 heterocycles. The van der Waals surface area contributed by atoms with E-state index in [0.29, 0.717) is 28.9 Å². The average Bonchev–Trinajstić information content (AvgIpc) is 2.88. The number of carbonyl (C=O) groups excluding carboxylic acids is 2. The lowest BCUT2D eigenvalue weighted by atomic mass is 10.3. The van der Waals surface area contributed by atoms with Crippen LogP contribution in [0.2, 0.25) is 0 Å². The molecule has 124 valence electrons. The third-order valence-electron chi connectivity index (χ3n) is 3.08. The highest BCUT2D eigenvalue weighted by atomic mass is 32.1. The van der Waals surface area contributed by atoms with Crippen molar-refractivity contribution >= 4 is 28.3 Å². The van der Waals surface area contributed by atoms with Crippen molar-refractivity contribution in [2.75, 3.05) is 25.2 Å². The number of aromatic nitrogens is 1. The van der Waals surface area contributed by atoms with Gasteiger partial charge < -0.3 is 9.47 Å². The molecule has 0 bridgehead atoms. The second kappa shape index (κ2) is 8.85. The summed E-state index contributed by atoms with van der Waals surface area (Å²) < 4.78 is 10.5. The normalized spacial score (nSPS) is 12.0. The molecule has 0 fully saturated rings. The summed E-state index contributed by atoms with van der Waals surface area (Å²) in [7, 11) is 1.63. The van der Waals surface area contributed by atoms with Crippen molar-refractivity contribution < 1.29 is 19.1 Å². The SMILES string of the molecule is CCCCOC(C)C(=O)N(C)c1nc(C)c(C(=O)OCC)s1. The number of amides is 1. The highest BCUT2D eigenvalue weighted by molar-refractivity contribution is 7.17. The van der Waals surface area contributed by atoms with Gasteiger partial charge in [-0.15, -0.1) is 0 Å². The molecule has 1 unspecified atom stereocenters. The smallest absolute Gasteiger partial charge is 0.350 e. The Morgan fingerprint density at radius 2 is 2.05 bits per heavy atom. The summed E-state index contributed by atoms with van der Waals surface area (Å²) in [5, 5.41) is 0.469. The first-order chi connectivity index (χ1) is 10.4. The first-order valence-corrected chi connectivity index (χ1v) is 8.27. The van der Waals surface area contributed by atoms with Crippen LogP contribution in [0.1, 0.15) is 49.0 Å². The third-order valence-corrected chi connectivity index (χ3v) is 4.29. The monoisotopic (exact) mass is 328 g/mol. The summed E-state index contributed by atoms with van der Waals surface area (Å²) >= 11 is 1.15. The van der Waals surface area contributed by atoms with Crippen LogP contribution in [0.25, 0.3) is 0 Å². The number of hydrogen-bond acceptors (Lipinski definition) is 6. The number of anilines is 1. The van der Waals surface area contributed by atoms with E-state index in [1.807, 2.05) is 0 Å². The highest BCUT2D eigenvalue weighted by Gasteiger charge is 2.24. The highest BCUT2D eigenvalue weighted by Crippen LogP contribution is 2.26. The number of unbranched alkanes of at least 4 members (excludes halogenated alkanes) is 1. The minimum Gasteiger partial charge on any atom is -0.462 e. The maximum absolute atomic E-state index is 12.3. The number of hydrogen-bond donors (Lipinski definition) is 0. The topological polar surface area (TPSA) is 68.7 Å². The number of carbonyl (C=O) groups is 2. The van der Waals surface area contributed by atoms with Crippen LogP contribution in [0, 0.1) is 6.92 Å². The Bertz CT molecular complexity index is 516. The second-order valence-corrected chi connectivity index (χ2v) is 5.87. The van der Waals surface area contributed by atoms with E-state index in [1.165, 1.54) is 4.90 Å². The molecule has 0 aliphatic rings. The van der Waals surface area contributed by atoms with Crippen molar-refractivity contribution in [3.05, 3.63) is 10.6 Å². The van der Waals surface area contributed by atoms with Crippen LogP contribution in [0.15, 0.2) is 0 Å². The Labute approximate surface area is 135 Å². The molecule has 0 aliphatic heterocycles. The standard InChI is InChI=1S/C15H24N2O4S/c1-6-8-9-21-11(4)13(18)17(5)15-16-10(3)12(22-15)14(19)20-7-2/h11H,6-9H2,1-5H3. The van der Waals surface area contributed by atoms with Crippen molar-refractivity contribution in [3.63, 3.8) is 0 Å². The van der Waals surface area contributed by atoms with Gasteiger partial charge in [0.1, 0.15) is 11.0 Å². The summed E-state index contributed by atoms with van der Waals surface area (Å²) in [6.45, 7) is 8.13. The van der Waals surface area contributed by atoms with Gasteiger partial charge in [0.2, 0.25) is 0 Å². The molecule has 6 nitrogen and oxygen atoms in total. The van der Waals surface area contributed by atoms with Crippen LogP contribution >= 0.6 is 11.3 Å². The van der Waals surface area contributed by atoms with Gasteiger partial charge in [-0.3, -0.25) is 9.69 Å². The fourth-order valence-corrected chi connectivity index (χ4v) is 2.68. The van der Waals surface area contributed by atoms with Gasteiger partial charge >= 0.3 is 5.97 Å². The number of esters is 1. The predicted molar refractivity (Wildman–Crippen MR) is 86.5 cm³/mol. The van der Waals surface area contributed by atoms with Crippen LogP contribution in [-0.4, -0.2) is 43.2 Å². The molecule has 7 heteroatoms. The first kappa shape index (κ1) is 18.6. The molecular weight excluding hydrogens is 304 g/mol. The molecule has 0 saturated carbocycles. The first-order valence-electron chi connectivity index (χ1n) is 7.46. The summed E-state index contributed by atoms with van der Waals surface area (Å²) in [6, 6.07) is 0. The van der Waals surface area contributed by atoms with E-state index in [4.69, 9.17) is 9.47 Å². The molecule has 1 rings (SSSR count). The fourth-order valence-electron chi connectivity index (χ4n) is 1.75. The maximum atomic E-state index is 12.3. The lowest BCUT2D eigenvalue weighted by Crippen LogP contribution is -2.36. The second-order valence-electron chi connectivity index (χ2n) is 4.90. The van der Waals surface area contributed by atoms with Crippen LogP contribution in [-0.2, 0) is 14.3 Å². The van der Waals surface area contributed by atoms with Crippen molar-refractivity contribution in [3.8, 4) is 0 Å². The van der Waals surface area contributed by atoms with E-state index in [0.717, 1.165) is 24.2 Å². The van der Waals surface area contributed by atoms with Crippen LogP contribution in [0.4, 0.5) is 5.13 Å². The van der Waals surface area contributed by atoms with Crippen LogP contribution < -0.4 is 4.90 Å². The van der Waals surface area contributed by atoms with Gasteiger partial charge in [-0.2, -0.15) is 0 Å². The van der Waals surface area contributed by atoms with Crippen LogP contribution in [0.5, 0.6) is 0 Å². The fraction of sp³-hybridized carbons (Fsp3) is 0.667. The third kappa shape index (κ3) is 4.78. The van der Waals surface area contributed by atoms with Crippen molar-refractivity contribution in [2.24, 2.45) is 0 Å². The summed E-state index contributed by atoms with van der Waals surface area (Å²) in [5.41, 5.74) is 0.567. The Kier molecular flexibility index (Phi) is 7.47. The number of rotatable bonds is 8. The van der Waals surface area contributed by atoms with Gasteiger partial charge in [0.15, 0.2) is 5.13 Å². The van der Waals surface area contributed by atoms with Crippen molar-refractivity contribution in [1.82, 2.24) is 4.98 Å². The number of nitrogens with zero attached hydrogens (tertiary/aromatic N) is 2. The van der Waals surface area contributed by atoms with E-state index in [1.54, 1.807) is 27.8 Å². The Hall–Kier alpha value is -1.47. The number of aryl methyl sites for hydroxylation is 1. The number of ether oxygens (including phenoxy) is 2. The van der Waals surface area contributed by atoms with E-state index < -0.39 is 12.1 Å². The van der Waals surface area contributed by atoms with Gasteiger partial charge in [-0.1, -0.05) is 24.7 Å². The molecule has 0 aromatic carbocycles. The van der Waals surface area contributed by atoms with Gasteiger partial charge in [-0.25, -0.2) is 9.78 Å². The van der Waals surface area contributed by atoms with Gasteiger partial charge in [-0.05, 0) is 27.2 Å². The van der Waals surface area contributed by atoms with E-state index in [2.05, 4.69) is 11.9 Å². The molecule has 0 saturated heterocycles. The summed E-state index contributed by atoms with van der Waals surface area (Å²) in [5.74, 6) is -0.586. The maximum Gasteiger partial charge on any atom is 0.350 e. The lowest BCUT2D eigenvalue weighted by molar-refractivity contribution is -0.128. The number of likely N-dealkylation sites (N-methyl/N-ethyl adjacent to an activating group) is 1. The minimum atomic E-state index is -0.535. The van der Waals surface area contributed by atoms with Gasteiger partial charge in [0, 0.05) is 13.7 Å². The van der Waals surface area contributed by atoms with Crippen molar-refractivity contribution in [2.45, 2.75) is 46.6 Å². The van der Waals surface area contributed by atoms with Crippen LogP contribution in [0.3, 0.4) is 0 Å². The zero-order valence-corrected chi connectivity index (χ0v) is 14.7. The molecular formula is C15H24N2O4S. The van der Waals surface area contributed by atoms with E-state index >= 15 is 0 Å². The lowest BCUT2D eigenvalue weighted by Gasteiger charge is -2.19. The molecule has 0 spiro atoms. The minimum absolute atomic E-state index is 0.180. The van der Waals surface area contributed by atoms with Gasteiger partial charge in [0.25, 0.3) is 5.91 Å². The summed E-state index contributed by atoms with van der Waals surface area (Å²) in [4.78, 5) is 30.2. The van der Waals surface area contributed by atoms with Gasteiger partial charge in [0.05, 0.1) is 12.3 Å². The molecule has 1 atom stereocenters. The average molecular weight is 328 g/mol. The molecule has 0 N–H and O–H groups in total. The van der Waals surface area contributed by atoms with E-state index in [-0.39, 0.29) is 5.91 Å². The molecule has 1 amide bonds. The molecule has 0 aliphatic carbocycles. The summed E-state index contributed by atoms with van der Waals surface area (Å²) in [6.07, 6.45) is 1.41. The Balaban J connectivity index is 2.76. The zero-order chi connectivity index (χ0) is 16.7. The number of thiazole rings is 1. The molecule has 22 heavy (non-hydrogen) atoms. The largest absolute Gasteiger partial charge is 0.462 e. The molecule has 1 aromatic rings. The quantitative estimate of drug-likeness (QED) is 0.542. The van der Waals surface area contributed by atoms with Crippen molar-refractivity contribution in [1.29, 1.82) is 0 Å².